The van der Waals surface area contributed by atoms with Gasteiger partial charge >= 0.3 is 0 Å². The Morgan fingerprint density at radius 2 is 2.09 bits per heavy atom. The van der Waals surface area contributed by atoms with Crippen molar-refractivity contribution in [2.24, 2.45) is 0 Å². The molecule has 6 heteroatoms. The average molecular weight is 315 g/mol. The summed E-state index contributed by atoms with van der Waals surface area (Å²) in [5.74, 6) is 1.43. The Balaban J connectivity index is 1.58. The van der Waals surface area contributed by atoms with Crippen molar-refractivity contribution in [1.29, 1.82) is 0 Å². The summed E-state index contributed by atoms with van der Waals surface area (Å²) in [5, 5.41) is 6.90. The Morgan fingerprint density at radius 1 is 1.35 bits per heavy atom. The molecule has 6 nitrogen and oxygen atoms in total. The van der Waals surface area contributed by atoms with Crippen molar-refractivity contribution >= 4 is 5.91 Å². The van der Waals surface area contributed by atoms with Crippen molar-refractivity contribution in [3.8, 4) is 11.5 Å². The highest BCUT2D eigenvalue weighted by molar-refractivity contribution is 5.95. The maximum Gasteiger partial charge on any atom is 0.257 e. The first kappa shape index (κ1) is 15.4. The van der Waals surface area contributed by atoms with Gasteiger partial charge in [0.1, 0.15) is 6.10 Å². The molecule has 0 bridgehead atoms. The molecule has 122 valence electrons. The Morgan fingerprint density at radius 3 is 2.78 bits per heavy atom. The minimum absolute atomic E-state index is 0.00299. The lowest BCUT2D eigenvalue weighted by molar-refractivity contribution is 0.0168. The van der Waals surface area contributed by atoms with E-state index in [2.05, 4.69) is 17.1 Å². The molecule has 1 aliphatic heterocycles. The van der Waals surface area contributed by atoms with E-state index >= 15 is 0 Å². The van der Waals surface area contributed by atoms with Crippen molar-refractivity contribution in [3.05, 3.63) is 41.7 Å². The largest absolute Gasteiger partial charge is 0.493 e. The Labute approximate surface area is 135 Å². The Bertz CT molecular complexity index is 677. The molecule has 0 atom stereocenters. The molecule has 0 unspecified atom stereocenters. The molecule has 0 radical (unpaired) electrons. The topological polar surface area (TPSA) is 67.5 Å². The van der Waals surface area contributed by atoms with Crippen LogP contribution in [0.4, 0.5) is 0 Å². The summed E-state index contributed by atoms with van der Waals surface area (Å²) in [6.07, 6.45) is 3.41. The number of carbonyl (C=O) groups is 1. The SMILES string of the molecule is CCCc1[nH]ncc1C(=O)N1CC(Oc2ccccc2OC)C1. The molecular formula is C17H21N3O3. The predicted octanol–water partition coefficient (Wildman–Crippen LogP) is 2.27. The molecule has 1 aliphatic rings. The molecule has 1 saturated heterocycles. The maximum atomic E-state index is 12.5. The fourth-order valence-electron chi connectivity index (χ4n) is 2.68. The minimum atomic E-state index is -0.00299. The van der Waals surface area contributed by atoms with Gasteiger partial charge in [0.25, 0.3) is 5.91 Å². The van der Waals surface area contributed by atoms with E-state index in [1.165, 1.54) is 0 Å². The first-order valence-corrected chi connectivity index (χ1v) is 7.84. The second kappa shape index (κ2) is 6.73. The van der Waals surface area contributed by atoms with Crippen LogP contribution in [-0.2, 0) is 6.42 Å². The third-order valence-electron chi connectivity index (χ3n) is 3.95. The number of rotatable bonds is 6. The first-order valence-electron chi connectivity index (χ1n) is 7.84. The van der Waals surface area contributed by atoms with E-state index in [1.807, 2.05) is 24.3 Å². The van der Waals surface area contributed by atoms with Crippen LogP contribution in [0.3, 0.4) is 0 Å². The molecule has 0 spiro atoms. The van der Waals surface area contributed by atoms with Gasteiger partial charge in [-0.25, -0.2) is 0 Å². The Hall–Kier alpha value is -2.50. The quantitative estimate of drug-likeness (QED) is 0.888. The predicted molar refractivity (Wildman–Crippen MR) is 85.9 cm³/mol. The third-order valence-corrected chi connectivity index (χ3v) is 3.95. The monoisotopic (exact) mass is 315 g/mol. The molecule has 1 aromatic carbocycles. The number of aromatic amines is 1. The molecule has 1 amide bonds. The highest BCUT2D eigenvalue weighted by atomic mass is 16.5. The average Bonchev–Trinajstić information content (AvgIpc) is 2.99. The van der Waals surface area contributed by atoms with Gasteiger partial charge in [-0.2, -0.15) is 5.10 Å². The standard InChI is InChI=1S/C17H21N3O3/c1-3-6-14-13(9-18-19-14)17(21)20-10-12(11-20)23-16-8-5-4-7-15(16)22-2/h4-5,7-9,12H,3,6,10-11H2,1-2H3,(H,18,19). The summed E-state index contributed by atoms with van der Waals surface area (Å²) < 4.78 is 11.2. The number of nitrogens with zero attached hydrogens (tertiary/aromatic N) is 2. The molecule has 0 aliphatic carbocycles. The van der Waals surface area contributed by atoms with Crippen LogP contribution in [0.1, 0.15) is 29.4 Å². The Kier molecular flexibility index (Phi) is 4.50. The van der Waals surface area contributed by atoms with Crippen LogP contribution in [0.25, 0.3) is 0 Å². The second-order valence-corrected chi connectivity index (χ2v) is 5.61. The number of para-hydroxylation sites is 2. The molecule has 1 N–H and O–H groups in total. The number of amides is 1. The number of aromatic nitrogens is 2. The summed E-state index contributed by atoms with van der Waals surface area (Å²) in [7, 11) is 1.62. The highest BCUT2D eigenvalue weighted by Crippen LogP contribution is 2.29. The summed E-state index contributed by atoms with van der Waals surface area (Å²) in [5.41, 5.74) is 1.58. The third kappa shape index (κ3) is 3.16. The van der Waals surface area contributed by atoms with Crippen molar-refractivity contribution in [1.82, 2.24) is 15.1 Å². The fourth-order valence-corrected chi connectivity index (χ4v) is 2.68. The van der Waals surface area contributed by atoms with Crippen LogP contribution < -0.4 is 9.47 Å². The van der Waals surface area contributed by atoms with Gasteiger partial charge in [-0.3, -0.25) is 9.89 Å². The molecule has 3 rings (SSSR count). The number of aryl methyl sites for hydroxylation is 1. The number of methoxy groups -OCH3 is 1. The molecule has 1 fully saturated rings. The van der Waals surface area contributed by atoms with Crippen LogP contribution in [0.2, 0.25) is 0 Å². The zero-order valence-electron chi connectivity index (χ0n) is 13.4. The smallest absolute Gasteiger partial charge is 0.257 e. The van der Waals surface area contributed by atoms with Crippen molar-refractivity contribution in [2.75, 3.05) is 20.2 Å². The van der Waals surface area contributed by atoms with Gasteiger partial charge in [-0.05, 0) is 18.6 Å². The second-order valence-electron chi connectivity index (χ2n) is 5.61. The van der Waals surface area contributed by atoms with E-state index in [0.29, 0.717) is 30.2 Å². The van der Waals surface area contributed by atoms with Crippen LogP contribution in [0.15, 0.2) is 30.5 Å². The zero-order valence-corrected chi connectivity index (χ0v) is 13.4. The lowest BCUT2D eigenvalue weighted by Gasteiger charge is -2.39. The number of carbonyl (C=O) groups excluding carboxylic acids is 1. The number of likely N-dealkylation sites (tertiary alicyclic amines) is 1. The van der Waals surface area contributed by atoms with E-state index in [4.69, 9.17) is 9.47 Å². The van der Waals surface area contributed by atoms with E-state index in [9.17, 15) is 4.79 Å². The maximum absolute atomic E-state index is 12.5. The van der Waals surface area contributed by atoms with Gasteiger partial charge < -0.3 is 14.4 Å². The van der Waals surface area contributed by atoms with Crippen LogP contribution in [0, 0.1) is 0 Å². The summed E-state index contributed by atoms with van der Waals surface area (Å²) in [6.45, 7) is 3.23. The molecule has 2 heterocycles. The lowest BCUT2D eigenvalue weighted by Crippen LogP contribution is -2.56. The first-order chi connectivity index (χ1) is 11.2. The normalized spacial score (nSPS) is 14.4. The van der Waals surface area contributed by atoms with Gasteiger partial charge in [-0.1, -0.05) is 25.5 Å². The van der Waals surface area contributed by atoms with E-state index < -0.39 is 0 Å². The molecular weight excluding hydrogens is 294 g/mol. The van der Waals surface area contributed by atoms with E-state index in [-0.39, 0.29) is 12.0 Å². The van der Waals surface area contributed by atoms with Crippen LogP contribution >= 0.6 is 0 Å². The number of H-pyrrole nitrogens is 1. The summed E-state index contributed by atoms with van der Waals surface area (Å²) >= 11 is 0. The van der Waals surface area contributed by atoms with Gasteiger partial charge in [-0.15, -0.1) is 0 Å². The van der Waals surface area contributed by atoms with E-state index in [1.54, 1.807) is 18.2 Å². The minimum Gasteiger partial charge on any atom is -0.493 e. The lowest BCUT2D eigenvalue weighted by atomic mass is 10.1. The van der Waals surface area contributed by atoms with Crippen LogP contribution in [-0.4, -0.2) is 47.3 Å². The number of nitrogens with one attached hydrogen (secondary N) is 1. The molecule has 1 aromatic heterocycles. The molecule has 0 saturated carbocycles. The van der Waals surface area contributed by atoms with Crippen LogP contribution in [0.5, 0.6) is 11.5 Å². The van der Waals surface area contributed by atoms with E-state index in [0.717, 1.165) is 18.5 Å². The van der Waals surface area contributed by atoms with Gasteiger partial charge in [0.2, 0.25) is 0 Å². The van der Waals surface area contributed by atoms with Gasteiger partial charge in [0.05, 0.1) is 32.0 Å². The molecule has 2 aromatic rings. The van der Waals surface area contributed by atoms with Gasteiger partial charge in [0.15, 0.2) is 11.5 Å². The zero-order chi connectivity index (χ0) is 16.2. The van der Waals surface area contributed by atoms with Crippen molar-refractivity contribution in [3.63, 3.8) is 0 Å². The summed E-state index contributed by atoms with van der Waals surface area (Å²) in [4.78, 5) is 14.3. The summed E-state index contributed by atoms with van der Waals surface area (Å²) in [6, 6.07) is 7.54. The number of benzene rings is 1. The van der Waals surface area contributed by atoms with Crippen molar-refractivity contribution < 1.29 is 14.3 Å². The van der Waals surface area contributed by atoms with Crippen molar-refractivity contribution in [2.45, 2.75) is 25.9 Å². The number of hydrogen-bond donors (Lipinski definition) is 1. The van der Waals surface area contributed by atoms with Gasteiger partial charge in [0, 0.05) is 5.69 Å². The number of hydrogen-bond acceptors (Lipinski definition) is 4. The number of ether oxygens (including phenoxy) is 2. The highest BCUT2D eigenvalue weighted by Gasteiger charge is 2.34. The fraction of sp³-hybridized carbons (Fsp3) is 0.412. The molecule has 23 heavy (non-hydrogen) atoms.